The van der Waals surface area contributed by atoms with Crippen LogP contribution in [0.15, 0.2) is 24.6 Å². The summed E-state index contributed by atoms with van der Waals surface area (Å²) in [5.41, 5.74) is 0.619. The first-order valence-electron chi connectivity index (χ1n) is 2.22. The molecule has 0 fully saturated rings. The Morgan fingerprint density at radius 1 is 1.62 bits per heavy atom. The molecule has 2 amide bonds. The Balaban J connectivity index is 2.68. The predicted octanol–water partition coefficient (Wildman–Crippen LogP) is 0.327. The van der Waals surface area contributed by atoms with Crippen molar-refractivity contribution in [3.05, 3.63) is 24.6 Å². The summed E-state index contributed by atoms with van der Waals surface area (Å²) in [6.45, 7) is 3.51. The van der Waals surface area contributed by atoms with E-state index in [-0.39, 0.29) is 6.03 Å². The molecule has 0 saturated heterocycles. The summed E-state index contributed by atoms with van der Waals surface area (Å²) < 4.78 is 0. The second kappa shape index (κ2) is 1.69. The van der Waals surface area contributed by atoms with E-state index < -0.39 is 0 Å². The van der Waals surface area contributed by atoms with Crippen molar-refractivity contribution in [3.63, 3.8) is 0 Å². The van der Waals surface area contributed by atoms with Crippen molar-refractivity contribution >= 4 is 6.03 Å². The monoisotopic (exact) mass is 110 g/mol. The second-order valence-corrected chi connectivity index (χ2v) is 1.46. The SMILES string of the molecule is C=C1C=CNC(=O)N1. The number of amides is 2. The van der Waals surface area contributed by atoms with Gasteiger partial charge in [0.05, 0.1) is 0 Å². The van der Waals surface area contributed by atoms with Crippen LogP contribution in [0.3, 0.4) is 0 Å². The largest absolute Gasteiger partial charge is 0.323 e. The van der Waals surface area contributed by atoms with Gasteiger partial charge in [-0.2, -0.15) is 0 Å². The Morgan fingerprint density at radius 3 is 2.75 bits per heavy atom. The summed E-state index contributed by atoms with van der Waals surface area (Å²) in [5.74, 6) is 0. The van der Waals surface area contributed by atoms with Crippen LogP contribution in [0, 0.1) is 0 Å². The highest BCUT2D eigenvalue weighted by molar-refractivity contribution is 5.78. The molecule has 0 saturated carbocycles. The van der Waals surface area contributed by atoms with Crippen molar-refractivity contribution < 1.29 is 4.79 Å². The Labute approximate surface area is 47.1 Å². The molecule has 0 aromatic rings. The molecule has 1 rings (SSSR count). The molecule has 1 aliphatic heterocycles. The molecule has 3 nitrogen and oxygen atoms in total. The fourth-order valence-electron chi connectivity index (χ4n) is 0.442. The van der Waals surface area contributed by atoms with Gasteiger partial charge in [0.25, 0.3) is 0 Å². The van der Waals surface area contributed by atoms with Crippen LogP contribution >= 0.6 is 0 Å². The van der Waals surface area contributed by atoms with Crippen LogP contribution in [-0.4, -0.2) is 6.03 Å². The highest BCUT2D eigenvalue weighted by Crippen LogP contribution is 1.89. The lowest BCUT2D eigenvalue weighted by Crippen LogP contribution is -2.33. The first-order chi connectivity index (χ1) is 3.79. The van der Waals surface area contributed by atoms with E-state index in [1.807, 2.05) is 0 Å². The van der Waals surface area contributed by atoms with E-state index in [1.165, 1.54) is 0 Å². The Kier molecular flexibility index (Phi) is 1.04. The molecule has 0 spiro atoms. The molecule has 2 N–H and O–H groups in total. The van der Waals surface area contributed by atoms with Crippen molar-refractivity contribution in [3.8, 4) is 0 Å². The summed E-state index contributed by atoms with van der Waals surface area (Å²) in [6, 6.07) is -0.225. The highest BCUT2D eigenvalue weighted by atomic mass is 16.2. The summed E-state index contributed by atoms with van der Waals surface area (Å²) in [6.07, 6.45) is 3.22. The van der Waals surface area contributed by atoms with Gasteiger partial charge in [0.15, 0.2) is 0 Å². The van der Waals surface area contributed by atoms with Gasteiger partial charge in [-0.15, -0.1) is 0 Å². The van der Waals surface area contributed by atoms with Crippen LogP contribution in [0.5, 0.6) is 0 Å². The topological polar surface area (TPSA) is 41.1 Å². The maximum absolute atomic E-state index is 10.3. The van der Waals surface area contributed by atoms with Crippen molar-refractivity contribution in [2.45, 2.75) is 0 Å². The van der Waals surface area contributed by atoms with E-state index >= 15 is 0 Å². The van der Waals surface area contributed by atoms with Gasteiger partial charge in [0, 0.05) is 11.9 Å². The smallest absolute Gasteiger partial charge is 0.314 e. The molecular formula is C5H6N2O. The van der Waals surface area contributed by atoms with Crippen LogP contribution in [0.2, 0.25) is 0 Å². The van der Waals surface area contributed by atoms with Gasteiger partial charge in [-0.1, -0.05) is 6.58 Å². The number of nitrogens with one attached hydrogen (secondary N) is 2. The molecular weight excluding hydrogens is 104 g/mol. The molecule has 8 heavy (non-hydrogen) atoms. The lowest BCUT2D eigenvalue weighted by Gasteiger charge is -2.07. The standard InChI is InChI=1S/C5H6N2O/c1-4-2-3-6-5(8)7-4/h2-3H,1H2,(H2,6,7,8). The normalized spacial score (nSPS) is 17.5. The van der Waals surface area contributed by atoms with E-state index in [4.69, 9.17) is 0 Å². The van der Waals surface area contributed by atoms with E-state index in [1.54, 1.807) is 12.3 Å². The van der Waals surface area contributed by atoms with Crippen LogP contribution in [-0.2, 0) is 0 Å². The number of rotatable bonds is 0. The second-order valence-electron chi connectivity index (χ2n) is 1.46. The molecule has 3 heteroatoms. The van der Waals surface area contributed by atoms with Gasteiger partial charge in [0.2, 0.25) is 0 Å². The van der Waals surface area contributed by atoms with Crippen LogP contribution in [0.25, 0.3) is 0 Å². The average Bonchev–Trinajstić information content (AvgIpc) is 1.64. The van der Waals surface area contributed by atoms with Gasteiger partial charge >= 0.3 is 6.03 Å². The van der Waals surface area contributed by atoms with E-state index in [0.29, 0.717) is 5.70 Å². The van der Waals surface area contributed by atoms with Crippen molar-refractivity contribution in [2.24, 2.45) is 0 Å². The minimum absolute atomic E-state index is 0.225. The summed E-state index contributed by atoms with van der Waals surface area (Å²) in [5, 5.41) is 4.87. The zero-order chi connectivity index (χ0) is 5.98. The maximum Gasteiger partial charge on any atom is 0.323 e. The minimum atomic E-state index is -0.225. The molecule has 1 heterocycles. The highest BCUT2D eigenvalue weighted by Gasteiger charge is 2.00. The number of allylic oxidation sites excluding steroid dienone is 1. The average molecular weight is 110 g/mol. The van der Waals surface area contributed by atoms with Crippen LogP contribution < -0.4 is 10.6 Å². The zero-order valence-electron chi connectivity index (χ0n) is 4.27. The fourth-order valence-corrected chi connectivity index (χ4v) is 0.442. The van der Waals surface area contributed by atoms with Gasteiger partial charge in [0.1, 0.15) is 0 Å². The number of carbonyl (C=O) groups is 1. The molecule has 0 unspecified atom stereocenters. The van der Waals surface area contributed by atoms with E-state index in [2.05, 4.69) is 17.2 Å². The first-order valence-corrected chi connectivity index (χ1v) is 2.22. The quantitative estimate of drug-likeness (QED) is 0.463. The third-order valence-electron chi connectivity index (χ3n) is 0.773. The molecule has 0 aliphatic carbocycles. The molecule has 0 radical (unpaired) electrons. The Morgan fingerprint density at radius 2 is 2.38 bits per heavy atom. The Hall–Kier alpha value is -1.25. The lowest BCUT2D eigenvalue weighted by molar-refractivity contribution is 0.246. The Bertz CT molecular complexity index is 160. The van der Waals surface area contributed by atoms with Gasteiger partial charge in [-0.05, 0) is 6.08 Å². The molecule has 0 aromatic heterocycles. The van der Waals surface area contributed by atoms with Crippen LogP contribution in [0.4, 0.5) is 4.79 Å². The number of urea groups is 1. The molecule has 0 bridgehead atoms. The number of hydrogen-bond acceptors (Lipinski definition) is 1. The third kappa shape index (κ3) is 0.872. The van der Waals surface area contributed by atoms with Gasteiger partial charge in [-0.3, -0.25) is 0 Å². The number of carbonyl (C=O) groups excluding carboxylic acids is 1. The summed E-state index contributed by atoms with van der Waals surface area (Å²) in [4.78, 5) is 10.3. The molecule has 0 atom stereocenters. The lowest BCUT2D eigenvalue weighted by atomic mass is 10.4. The van der Waals surface area contributed by atoms with E-state index in [0.717, 1.165) is 0 Å². The molecule has 0 aromatic carbocycles. The number of hydrogen-bond donors (Lipinski definition) is 2. The summed E-state index contributed by atoms with van der Waals surface area (Å²) in [7, 11) is 0. The minimum Gasteiger partial charge on any atom is -0.314 e. The van der Waals surface area contributed by atoms with Crippen LogP contribution in [0.1, 0.15) is 0 Å². The van der Waals surface area contributed by atoms with Gasteiger partial charge < -0.3 is 10.6 Å². The third-order valence-corrected chi connectivity index (χ3v) is 0.773. The maximum atomic E-state index is 10.3. The van der Waals surface area contributed by atoms with Crippen molar-refractivity contribution in [1.29, 1.82) is 0 Å². The molecule has 42 valence electrons. The van der Waals surface area contributed by atoms with Gasteiger partial charge in [-0.25, -0.2) is 4.79 Å². The van der Waals surface area contributed by atoms with Crippen molar-refractivity contribution in [1.82, 2.24) is 10.6 Å². The fraction of sp³-hybridized carbons (Fsp3) is 0. The summed E-state index contributed by atoms with van der Waals surface area (Å²) >= 11 is 0. The zero-order valence-corrected chi connectivity index (χ0v) is 4.27. The molecule has 1 aliphatic rings. The van der Waals surface area contributed by atoms with E-state index in [9.17, 15) is 4.79 Å². The predicted molar refractivity (Wildman–Crippen MR) is 29.9 cm³/mol. The van der Waals surface area contributed by atoms with Crippen molar-refractivity contribution in [2.75, 3.05) is 0 Å². The first kappa shape index (κ1) is 4.90.